The first-order valence-corrected chi connectivity index (χ1v) is 8.76. The van der Waals surface area contributed by atoms with E-state index in [2.05, 4.69) is 9.97 Å². The van der Waals surface area contributed by atoms with E-state index in [9.17, 15) is 26.4 Å². The first kappa shape index (κ1) is 18.0. The van der Waals surface area contributed by atoms with Crippen LogP contribution in [0.5, 0.6) is 0 Å². The number of hydrogen-bond acceptors (Lipinski definition) is 4. The number of hydrogen-bond donors (Lipinski definition) is 2. The molecule has 0 unspecified atom stereocenters. The van der Waals surface area contributed by atoms with E-state index >= 15 is 0 Å². The lowest BCUT2D eigenvalue weighted by Crippen LogP contribution is -2.34. The van der Waals surface area contributed by atoms with E-state index in [0.29, 0.717) is 4.31 Å². The van der Waals surface area contributed by atoms with Gasteiger partial charge in [0.2, 0.25) is 10.0 Å². The van der Waals surface area contributed by atoms with Crippen LogP contribution >= 0.6 is 11.6 Å². The molecule has 136 valence electrons. The molecule has 7 nitrogen and oxygen atoms in total. The van der Waals surface area contributed by atoms with Crippen molar-refractivity contribution in [3.05, 3.63) is 23.5 Å². The minimum Gasteiger partial charge on any atom is -0.481 e. The molecule has 0 radical (unpaired) electrons. The summed E-state index contributed by atoms with van der Waals surface area (Å²) >= 11 is 5.98. The van der Waals surface area contributed by atoms with Crippen LogP contribution in [0.3, 0.4) is 0 Å². The topological polar surface area (TPSA) is 103 Å². The van der Waals surface area contributed by atoms with Gasteiger partial charge < -0.3 is 10.1 Å². The van der Waals surface area contributed by atoms with Crippen LogP contribution in [0.15, 0.2) is 23.4 Å². The molecule has 1 aliphatic rings. The number of aromatic amines is 1. The van der Waals surface area contributed by atoms with E-state index in [-0.39, 0.29) is 21.0 Å². The molecule has 2 aromatic rings. The predicted molar refractivity (Wildman–Crippen MR) is 80.5 cm³/mol. The summed E-state index contributed by atoms with van der Waals surface area (Å²) in [7, 11) is -4.39. The Labute approximate surface area is 144 Å². The second-order valence-corrected chi connectivity index (χ2v) is 7.90. The number of aliphatic carboxylic acids is 1. The average Bonchev–Trinajstić information content (AvgIpc) is 3.12. The Bertz CT molecular complexity index is 944. The molecule has 0 saturated carbocycles. The van der Waals surface area contributed by atoms with Crippen molar-refractivity contribution in [2.24, 2.45) is 11.8 Å². The highest BCUT2D eigenvalue weighted by Gasteiger charge is 2.55. The zero-order chi connectivity index (χ0) is 18.6. The Morgan fingerprint density at radius 1 is 1.40 bits per heavy atom. The Kier molecular flexibility index (Phi) is 4.20. The molecule has 12 heteroatoms. The summed E-state index contributed by atoms with van der Waals surface area (Å²) < 4.78 is 65.3. The molecular formula is C13H11ClF3N3O4S. The molecule has 0 bridgehead atoms. The molecule has 2 N–H and O–H groups in total. The van der Waals surface area contributed by atoms with Crippen molar-refractivity contribution in [1.29, 1.82) is 0 Å². The monoisotopic (exact) mass is 397 g/mol. The van der Waals surface area contributed by atoms with Gasteiger partial charge in [0.05, 0.1) is 22.2 Å². The molecule has 0 spiro atoms. The van der Waals surface area contributed by atoms with Gasteiger partial charge in [-0.1, -0.05) is 11.6 Å². The Morgan fingerprint density at radius 2 is 2.08 bits per heavy atom. The third-order valence-corrected chi connectivity index (χ3v) is 6.30. The molecule has 2 aromatic heterocycles. The van der Waals surface area contributed by atoms with Crippen LogP contribution in [-0.2, 0) is 14.8 Å². The molecule has 1 fully saturated rings. The first-order chi connectivity index (χ1) is 11.5. The standard InChI is InChI=1S/C13H11ClF3N3O4S/c14-8-1-2-18-11-10(8)9(3-19-11)25(23,24)20-4-6(12(21)22)7(5-20)13(15,16)17/h1-3,6-7H,4-5H2,(H,18,19)(H,21,22)/t6-,7-/m1/s1. The number of nitrogens with zero attached hydrogens (tertiary/aromatic N) is 2. The molecule has 0 aromatic carbocycles. The molecular weight excluding hydrogens is 387 g/mol. The van der Waals surface area contributed by atoms with Gasteiger partial charge >= 0.3 is 12.1 Å². The fraction of sp³-hybridized carbons (Fsp3) is 0.385. The summed E-state index contributed by atoms with van der Waals surface area (Å²) in [5.74, 6) is -5.84. The van der Waals surface area contributed by atoms with Crippen LogP contribution in [0, 0.1) is 11.8 Å². The molecule has 0 amide bonds. The van der Waals surface area contributed by atoms with Crippen LogP contribution in [-0.4, -0.2) is 53.0 Å². The van der Waals surface area contributed by atoms with Crippen LogP contribution in [0.2, 0.25) is 5.02 Å². The number of alkyl halides is 3. The maximum atomic E-state index is 13.1. The Hall–Kier alpha value is -1.85. The number of pyridine rings is 1. The molecule has 3 heterocycles. The molecule has 25 heavy (non-hydrogen) atoms. The SMILES string of the molecule is O=C(O)[C@@H]1CN(S(=O)(=O)c2c[nH]c3nccc(Cl)c23)C[C@H]1C(F)(F)F. The summed E-state index contributed by atoms with van der Waals surface area (Å²) in [6.07, 6.45) is -2.41. The van der Waals surface area contributed by atoms with E-state index in [1.54, 1.807) is 0 Å². The quantitative estimate of drug-likeness (QED) is 0.825. The zero-order valence-corrected chi connectivity index (χ0v) is 13.9. The minimum atomic E-state index is -4.83. The number of nitrogens with one attached hydrogen (secondary N) is 1. The van der Waals surface area contributed by atoms with Crippen molar-refractivity contribution < 1.29 is 31.5 Å². The highest BCUT2D eigenvalue weighted by Crippen LogP contribution is 2.40. The Balaban J connectivity index is 2.05. The van der Waals surface area contributed by atoms with E-state index in [1.807, 2.05) is 0 Å². The highest BCUT2D eigenvalue weighted by atomic mass is 35.5. The Morgan fingerprint density at radius 3 is 2.64 bits per heavy atom. The minimum absolute atomic E-state index is 0.0477. The van der Waals surface area contributed by atoms with Gasteiger partial charge in [-0.15, -0.1) is 0 Å². The van der Waals surface area contributed by atoms with E-state index in [0.717, 1.165) is 6.20 Å². The van der Waals surface area contributed by atoms with Crippen LogP contribution in [0.4, 0.5) is 13.2 Å². The van der Waals surface area contributed by atoms with E-state index in [1.165, 1.54) is 12.3 Å². The molecule has 2 atom stereocenters. The van der Waals surface area contributed by atoms with Crippen molar-refractivity contribution in [2.45, 2.75) is 11.1 Å². The van der Waals surface area contributed by atoms with Gasteiger partial charge in [-0.3, -0.25) is 4.79 Å². The maximum absolute atomic E-state index is 13.1. The molecule has 0 aliphatic carbocycles. The number of rotatable bonds is 3. The van der Waals surface area contributed by atoms with Gasteiger partial charge in [0, 0.05) is 25.5 Å². The number of aromatic nitrogens is 2. The summed E-state index contributed by atoms with van der Waals surface area (Å²) in [6.45, 7) is -1.74. The normalized spacial score (nSPS) is 22.6. The van der Waals surface area contributed by atoms with Crippen LogP contribution in [0.1, 0.15) is 0 Å². The van der Waals surface area contributed by atoms with E-state index < -0.39 is 47.1 Å². The van der Waals surface area contributed by atoms with Gasteiger partial charge in [-0.2, -0.15) is 17.5 Å². The van der Waals surface area contributed by atoms with Crippen molar-refractivity contribution >= 4 is 38.6 Å². The average molecular weight is 398 g/mol. The summed E-state index contributed by atoms with van der Waals surface area (Å²) in [4.78, 5) is 17.3. The molecule has 1 saturated heterocycles. The summed E-state index contributed by atoms with van der Waals surface area (Å²) in [6, 6.07) is 1.35. The zero-order valence-electron chi connectivity index (χ0n) is 12.3. The lowest BCUT2D eigenvalue weighted by Gasteiger charge is -2.18. The fourth-order valence-electron chi connectivity index (χ4n) is 2.88. The van der Waals surface area contributed by atoms with Gasteiger partial charge in [-0.25, -0.2) is 13.4 Å². The fourth-order valence-corrected chi connectivity index (χ4v) is 4.84. The van der Waals surface area contributed by atoms with Crippen LogP contribution < -0.4 is 0 Å². The largest absolute Gasteiger partial charge is 0.481 e. The smallest absolute Gasteiger partial charge is 0.393 e. The number of fused-ring (bicyclic) bond motifs is 1. The summed E-state index contributed by atoms with van der Waals surface area (Å²) in [5, 5.41) is 9.13. The van der Waals surface area contributed by atoms with Crippen molar-refractivity contribution in [3.63, 3.8) is 0 Å². The number of halogens is 4. The lowest BCUT2D eigenvalue weighted by atomic mass is 9.96. The third-order valence-electron chi connectivity index (χ3n) is 4.13. The number of sulfonamides is 1. The van der Waals surface area contributed by atoms with Crippen molar-refractivity contribution in [1.82, 2.24) is 14.3 Å². The first-order valence-electron chi connectivity index (χ1n) is 6.94. The molecule has 3 rings (SSSR count). The van der Waals surface area contributed by atoms with Gasteiger partial charge in [0.25, 0.3) is 0 Å². The van der Waals surface area contributed by atoms with Gasteiger partial charge in [-0.05, 0) is 6.07 Å². The second kappa shape index (κ2) is 5.85. The number of carboxylic acid groups (broad SMARTS) is 1. The van der Waals surface area contributed by atoms with Gasteiger partial charge in [0.15, 0.2) is 0 Å². The van der Waals surface area contributed by atoms with Crippen molar-refractivity contribution in [2.75, 3.05) is 13.1 Å². The van der Waals surface area contributed by atoms with E-state index in [4.69, 9.17) is 16.7 Å². The van der Waals surface area contributed by atoms with Crippen molar-refractivity contribution in [3.8, 4) is 0 Å². The predicted octanol–water partition coefficient (Wildman–Crippen LogP) is 2.10. The third kappa shape index (κ3) is 2.96. The second-order valence-electron chi connectivity index (χ2n) is 5.58. The lowest BCUT2D eigenvalue weighted by molar-refractivity contribution is -0.187. The van der Waals surface area contributed by atoms with Gasteiger partial charge in [0.1, 0.15) is 10.5 Å². The highest BCUT2D eigenvalue weighted by molar-refractivity contribution is 7.89. The summed E-state index contributed by atoms with van der Waals surface area (Å²) in [5.41, 5.74) is 0.160. The number of carbonyl (C=O) groups is 1. The number of carboxylic acids is 1. The van der Waals surface area contributed by atoms with Crippen LogP contribution in [0.25, 0.3) is 11.0 Å². The number of H-pyrrole nitrogens is 1. The molecule has 1 aliphatic heterocycles. The maximum Gasteiger partial charge on any atom is 0.393 e.